The maximum atomic E-state index is 11.6. The van der Waals surface area contributed by atoms with Crippen LogP contribution >= 0.6 is 27.3 Å². The van der Waals surface area contributed by atoms with Crippen molar-refractivity contribution in [3.05, 3.63) is 20.8 Å². The van der Waals surface area contributed by atoms with Crippen LogP contribution < -0.4 is 11.1 Å². The molecule has 1 aromatic rings. The van der Waals surface area contributed by atoms with Gasteiger partial charge < -0.3 is 16.2 Å². The Kier molecular flexibility index (Phi) is 6.66. The van der Waals surface area contributed by atoms with Gasteiger partial charge in [-0.25, -0.2) is 4.79 Å². The molecule has 0 aliphatic carbocycles. The van der Waals surface area contributed by atoms with Crippen molar-refractivity contribution < 1.29 is 19.5 Å². The number of primary amides is 1. The first-order chi connectivity index (χ1) is 9.38. The molecule has 1 rings (SSSR count). The maximum absolute atomic E-state index is 11.6. The molecule has 0 saturated carbocycles. The average molecular weight is 363 g/mol. The Morgan fingerprint density at radius 2 is 2.10 bits per heavy atom. The van der Waals surface area contributed by atoms with E-state index in [9.17, 15) is 14.4 Å². The van der Waals surface area contributed by atoms with Crippen LogP contribution in [0.1, 0.15) is 24.1 Å². The number of hydrogen-bond acceptors (Lipinski definition) is 4. The molecule has 4 N–H and O–H groups in total. The Hall–Kier alpha value is -1.41. The molecular weight excluding hydrogens is 348 g/mol. The molecule has 2 amide bonds. The van der Waals surface area contributed by atoms with Crippen LogP contribution in [0.5, 0.6) is 0 Å². The molecule has 0 aromatic carbocycles. The van der Waals surface area contributed by atoms with E-state index in [0.717, 1.165) is 15.1 Å². The monoisotopic (exact) mass is 362 g/mol. The second kappa shape index (κ2) is 8.01. The molecule has 0 aliphatic rings. The van der Waals surface area contributed by atoms with Gasteiger partial charge in [0.15, 0.2) is 0 Å². The highest BCUT2D eigenvalue weighted by molar-refractivity contribution is 9.11. The Morgan fingerprint density at radius 3 is 2.60 bits per heavy atom. The molecule has 20 heavy (non-hydrogen) atoms. The second-order valence-corrected chi connectivity index (χ2v) is 6.74. The Bertz CT molecular complexity index is 503. The summed E-state index contributed by atoms with van der Waals surface area (Å²) in [5.41, 5.74) is 4.93. The fraction of sp³-hybridized carbons (Fsp3) is 0.417. The number of amides is 2. The van der Waals surface area contributed by atoms with Crippen LogP contribution in [-0.4, -0.2) is 28.9 Å². The van der Waals surface area contributed by atoms with E-state index in [1.807, 2.05) is 12.1 Å². The first kappa shape index (κ1) is 16.6. The first-order valence-corrected chi connectivity index (χ1v) is 7.54. The van der Waals surface area contributed by atoms with E-state index < -0.39 is 30.2 Å². The lowest BCUT2D eigenvalue weighted by Crippen LogP contribution is -2.43. The first-order valence-electron chi connectivity index (χ1n) is 5.93. The molecule has 0 aliphatic heterocycles. The number of thiophene rings is 1. The fourth-order valence-electron chi connectivity index (χ4n) is 1.58. The molecule has 0 radical (unpaired) electrons. The number of carbonyl (C=O) groups excluding carboxylic acids is 2. The summed E-state index contributed by atoms with van der Waals surface area (Å²) in [6.07, 6.45) is 1.16. The third-order valence-corrected chi connectivity index (χ3v) is 4.18. The summed E-state index contributed by atoms with van der Waals surface area (Å²) in [6.45, 7) is 0. The van der Waals surface area contributed by atoms with Gasteiger partial charge in [-0.2, -0.15) is 0 Å². The molecule has 8 heteroatoms. The zero-order valence-corrected chi connectivity index (χ0v) is 13.0. The summed E-state index contributed by atoms with van der Waals surface area (Å²) in [7, 11) is 0. The summed E-state index contributed by atoms with van der Waals surface area (Å²) in [4.78, 5) is 34.3. The van der Waals surface area contributed by atoms with Gasteiger partial charge in [-0.15, -0.1) is 11.3 Å². The van der Waals surface area contributed by atoms with Crippen LogP contribution in [0.15, 0.2) is 15.9 Å². The predicted octanol–water partition coefficient (Wildman–Crippen LogP) is 1.28. The number of carboxylic acids is 1. The molecule has 0 spiro atoms. The van der Waals surface area contributed by atoms with Crippen molar-refractivity contribution in [3.63, 3.8) is 0 Å². The summed E-state index contributed by atoms with van der Waals surface area (Å²) in [6, 6.07) is 2.66. The van der Waals surface area contributed by atoms with Gasteiger partial charge in [0.1, 0.15) is 6.04 Å². The van der Waals surface area contributed by atoms with Gasteiger partial charge >= 0.3 is 5.97 Å². The number of carboxylic acid groups (broad SMARTS) is 1. The van der Waals surface area contributed by atoms with E-state index in [4.69, 9.17) is 10.8 Å². The summed E-state index contributed by atoms with van der Waals surface area (Å²) < 4.78 is 1.03. The van der Waals surface area contributed by atoms with E-state index in [2.05, 4.69) is 21.2 Å². The molecule has 6 nitrogen and oxygen atoms in total. The van der Waals surface area contributed by atoms with Crippen LogP contribution in [0, 0.1) is 0 Å². The number of aliphatic carboxylic acids is 1. The van der Waals surface area contributed by atoms with E-state index in [1.54, 1.807) is 11.3 Å². The van der Waals surface area contributed by atoms with E-state index >= 15 is 0 Å². The van der Waals surface area contributed by atoms with Crippen LogP contribution in [-0.2, 0) is 20.8 Å². The van der Waals surface area contributed by atoms with Gasteiger partial charge in [-0.1, -0.05) is 0 Å². The van der Waals surface area contributed by atoms with Gasteiger partial charge in [-0.05, 0) is 40.9 Å². The zero-order chi connectivity index (χ0) is 15.1. The van der Waals surface area contributed by atoms with Crippen molar-refractivity contribution in [1.82, 2.24) is 5.32 Å². The molecule has 0 bridgehead atoms. The van der Waals surface area contributed by atoms with Crippen LogP contribution in [0.3, 0.4) is 0 Å². The van der Waals surface area contributed by atoms with E-state index in [1.165, 1.54) is 0 Å². The van der Waals surface area contributed by atoms with Crippen molar-refractivity contribution in [1.29, 1.82) is 0 Å². The van der Waals surface area contributed by atoms with E-state index in [-0.39, 0.29) is 6.42 Å². The van der Waals surface area contributed by atoms with Crippen LogP contribution in [0.2, 0.25) is 0 Å². The van der Waals surface area contributed by atoms with Crippen molar-refractivity contribution in [3.8, 4) is 0 Å². The summed E-state index contributed by atoms with van der Waals surface area (Å²) >= 11 is 4.95. The number of rotatable bonds is 8. The van der Waals surface area contributed by atoms with Gasteiger partial charge in [0.25, 0.3) is 0 Å². The highest BCUT2D eigenvalue weighted by Gasteiger charge is 2.21. The lowest BCUT2D eigenvalue weighted by atomic mass is 10.1. The van der Waals surface area contributed by atoms with Crippen LogP contribution in [0.25, 0.3) is 0 Å². The Balaban J connectivity index is 2.34. The third kappa shape index (κ3) is 6.16. The number of nitrogens with two attached hydrogens (primary N) is 1. The normalized spacial score (nSPS) is 11.8. The molecule has 1 atom stereocenters. The lowest BCUT2D eigenvalue weighted by Gasteiger charge is -2.12. The summed E-state index contributed by atoms with van der Waals surface area (Å²) in [5.74, 6) is -2.42. The molecule has 1 aromatic heterocycles. The number of hydrogen-bond donors (Lipinski definition) is 3. The molecule has 0 saturated heterocycles. The van der Waals surface area contributed by atoms with E-state index in [0.29, 0.717) is 6.42 Å². The quantitative estimate of drug-likeness (QED) is 0.646. The largest absolute Gasteiger partial charge is 0.480 e. The SMILES string of the molecule is NC(=O)C[C@@H](NC(=O)CCCc1ccc(Br)s1)C(=O)O. The maximum Gasteiger partial charge on any atom is 0.326 e. The summed E-state index contributed by atoms with van der Waals surface area (Å²) in [5, 5.41) is 11.1. The standard InChI is InChI=1S/C12H15BrN2O4S/c13-9-5-4-7(20-9)2-1-3-11(17)15-8(12(18)19)6-10(14)16/h4-5,8H,1-3,6H2,(H2,14,16)(H,15,17)(H,18,19)/t8-/m1/s1. The Morgan fingerprint density at radius 1 is 1.40 bits per heavy atom. The van der Waals surface area contributed by atoms with Crippen molar-refractivity contribution in [2.45, 2.75) is 31.7 Å². The van der Waals surface area contributed by atoms with Crippen LogP contribution in [0.4, 0.5) is 0 Å². The van der Waals surface area contributed by atoms with Crippen molar-refractivity contribution >= 4 is 45.1 Å². The molecule has 110 valence electrons. The number of nitrogens with one attached hydrogen (secondary N) is 1. The zero-order valence-electron chi connectivity index (χ0n) is 10.6. The van der Waals surface area contributed by atoms with Gasteiger partial charge in [0, 0.05) is 11.3 Å². The smallest absolute Gasteiger partial charge is 0.326 e. The van der Waals surface area contributed by atoms with Gasteiger partial charge in [0.05, 0.1) is 10.2 Å². The highest BCUT2D eigenvalue weighted by Crippen LogP contribution is 2.23. The minimum atomic E-state index is -1.26. The minimum Gasteiger partial charge on any atom is -0.480 e. The average Bonchev–Trinajstić information content (AvgIpc) is 2.73. The lowest BCUT2D eigenvalue weighted by molar-refractivity contribution is -0.143. The molecule has 0 fully saturated rings. The fourth-order valence-corrected chi connectivity index (χ4v) is 3.10. The van der Waals surface area contributed by atoms with Crippen molar-refractivity contribution in [2.24, 2.45) is 5.73 Å². The highest BCUT2D eigenvalue weighted by atomic mass is 79.9. The predicted molar refractivity (Wildman–Crippen MR) is 78.3 cm³/mol. The number of halogens is 1. The molecular formula is C12H15BrN2O4S. The molecule has 1 heterocycles. The minimum absolute atomic E-state index is 0.206. The number of carbonyl (C=O) groups is 3. The van der Waals surface area contributed by atoms with Gasteiger partial charge in [-0.3, -0.25) is 9.59 Å². The Labute approximate surface area is 128 Å². The van der Waals surface area contributed by atoms with Gasteiger partial charge in [0.2, 0.25) is 11.8 Å². The molecule has 0 unspecified atom stereocenters. The van der Waals surface area contributed by atoms with Crippen molar-refractivity contribution in [2.75, 3.05) is 0 Å². The number of aryl methyl sites for hydroxylation is 1. The second-order valence-electron chi connectivity index (χ2n) is 4.19. The third-order valence-electron chi connectivity index (χ3n) is 2.49. The topological polar surface area (TPSA) is 109 Å².